The van der Waals surface area contributed by atoms with E-state index in [1.165, 1.54) is 0 Å². The lowest BCUT2D eigenvalue weighted by molar-refractivity contribution is -0.118. The van der Waals surface area contributed by atoms with Crippen LogP contribution in [0.3, 0.4) is 0 Å². The average molecular weight is 278 g/mol. The minimum atomic E-state index is -0.0315. The molecular formula is C16H26N2O2. The van der Waals surface area contributed by atoms with Gasteiger partial charge in [-0.25, -0.2) is 0 Å². The van der Waals surface area contributed by atoms with Gasteiger partial charge in [0.1, 0.15) is 0 Å². The van der Waals surface area contributed by atoms with E-state index in [1.807, 2.05) is 36.1 Å². The maximum atomic E-state index is 12.1. The molecule has 0 bridgehead atoms. The van der Waals surface area contributed by atoms with Crippen LogP contribution in [-0.4, -0.2) is 41.7 Å². The Morgan fingerprint density at radius 1 is 1.35 bits per heavy atom. The second-order valence-corrected chi connectivity index (χ2v) is 5.08. The smallest absolute Gasteiger partial charge is 0.238 e. The number of rotatable bonds is 8. The fourth-order valence-electron chi connectivity index (χ4n) is 2.43. The molecule has 1 aromatic rings. The number of carbonyl (C=O) groups is 1. The molecule has 20 heavy (non-hydrogen) atoms. The van der Waals surface area contributed by atoms with E-state index in [0.717, 1.165) is 24.1 Å². The molecule has 0 fully saturated rings. The topological polar surface area (TPSA) is 52.6 Å². The normalized spacial score (nSPS) is 11.1. The number of nitrogens with one attached hydrogen (secondary N) is 1. The number of carbonyl (C=O) groups excluding carboxylic acids is 1. The molecule has 0 aromatic heterocycles. The lowest BCUT2D eigenvalue weighted by Gasteiger charge is -2.29. The number of aliphatic hydroxyl groups is 1. The zero-order chi connectivity index (χ0) is 15.0. The Kier molecular flexibility index (Phi) is 7.26. The first-order valence-corrected chi connectivity index (χ1v) is 7.32. The van der Waals surface area contributed by atoms with Crippen molar-refractivity contribution in [3.63, 3.8) is 0 Å². The fourth-order valence-corrected chi connectivity index (χ4v) is 2.43. The van der Waals surface area contributed by atoms with Gasteiger partial charge in [-0.05, 0) is 37.5 Å². The van der Waals surface area contributed by atoms with Crippen LogP contribution in [0.5, 0.6) is 0 Å². The summed E-state index contributed by atoms with van der Waals surface area (Å²) in [6.45, 7) is 7.15. The molecule has 0 radical (unpaired) electrons. The number of anilines is 1. The van der Waals surface area contributed by atoms with Crippen LogP contribution < -0.4 is 5.32 Å². The molecule has 0 aliphatic carbocycles. The highest BCUT2D eigenvalue weighted by molar-refractivity contribution is 5.92. The third-order valence-electron chi connectivity index (χ3n) is 3.49. The molecule has 0 spiro atoms. The third-order valence-corrected chi connectivity index (χ3v) is 3.49. The molecule has 0 saturated carbocycles. The number of nitrogens with zero attached hydrogens (tertiary/aromatic N) is 1. The van der Waals surface area contributed by atoms with Crippen molar-refractivity contribution in [3.05, 3.63) is 29.8 Å². The summed E-state index contributed by atoms with van der Waals surface area (Å²) in [6.07, 6.45) is 1.96. The molecule has 0 aliphatic rings. The van der Waals surface area contributed by atoms with Crippen molar-refractivity contribution in [1.29, 1.82) is 0 Å². The summed E-state index contributed by atoms with van der Waals surface area (Å²) in [5, 5.41) is 12.1. The Hall–Kier alpha value is -1.39. The van der Waals surface area contributed by atoms with E-state index in [0.29, 0.717) is 19.1 Å². The van der Waals surface area contributed by atoms with Gasteiger partial charge in [0.25, 0.3) is 0 Å². The minimum Gasteiger partial charge on any atom is -0.395 e. The summed E-state index contributed by atoms with van der Waals surface area (Å²) in [5.74, 6) is -0.0315. The van der Waals surface area contributed by atoms with Crippen molar-refractivity contribution in [3.8, 4) is 0 Å². The van der Waals surface area contributed by atoms with E-state index in [4.69, 9.17) is 5.11 Å². The highest BCUT2D eigenvalue weighted by Gasteiger charge is 2.17. The SMILES string of the molecule is CCC(CC)N(CCO)CC(=O)Nc1cccc(C)c1. The lowest BCUT2D eigenvalue weighted by atomic mass is 10.1. The first-order valence-electron chi connectivity index (χ1n) is 7.32. The third kappa shape index (κ3) is 5.31. The number of amides is 1. The molecule has 1 amide bonds. The first kappa shape index (κ1) is 16.7. The van der Waals surface area contributed by atoms with E-state index in [2.05, 4.69) is 19.2 Å². The summed E-state index contributed by atoms with van der Waals surface area (Å²) >= 11 is 0. The van der Waals surface area contributed by atoms with Crippen molar-refractivity contribution in [1.82, 2.24) is 4.90 Å². The predicted molar refractivity (Wildman–Crippen MR) is 82.8 cm³/mol. The minimum absolute atomic E-state index is 0.0315. The maximum Gasteiger partial charge on any atom is 0.238 e. The fraction of sp³-hybridized carbons (Fsp3) is 0.562. The van der Waals surface area contributed by atoms with Crippen LogP contribution in [-0.2, 0) is 4.79 Å². The quantitative estimate of drug-likeness (QED) is 0.768. The molecule has 0 heterocycles. The van der Waals surface area contributed by atoms with Crippen LogP contribution >= 0.6 is 0 Å². The zero-order valence-electron chi connectivity index (χ0n) is 12.7. The van der Waals surface area contributed by atoms with Crippen LogP contribution in [0.4, 0.5) is 5.69 Å². The monoisotopic (exact) mass is 278 g/mol. The van der Waals surface area contributed by atoms with Crippen LogP contribution in [0.15, 0.2) is 24.3 Å². The van der Waals surface area contributed by atoms with Gasteiger partial charge in [-0.1, -0.05) is 26.0 Å². The molecule has 112 valence electrons. The highest BCUT2D eigenvalue weighted by atomic mass is 16.3. The van der Waals surface area contributed by atoms with Gasteiger partial charge in [0.2, 0.25) is 5.91 Å². The van der Waals surface area contributed by atoms with Crippen molar-refractivity contribution in [2.24, 2.45) is 0 Å². The van der Waals surface area contributed by atoms with Crippen LogP contribution in [0.2, 0.25) is 0 Å². The second-order valence-electron chi connectivity index (χ2n) is 5.08. The average Bonchev–Trinajstić information content (AvgIpc) is 2.40. The largest absolute Gasteiger partial charge is 0.395 e. The molecular weight excluding hydrogens is 252 g/mol. The van der Waals surface area contributed by atoms with E-state index < -0.39 is 0 Å². The van der Waals surface area contributed by atoms with Gasteiger partial charge in [0.15, 0.2) is 0 Å². The Balaban J connectivity index is 2.61. The summed E-state index contributed by atoms with van der Waals surface area (Å²) < 4.78 is 0. The molecule has 1 aromatic carbocycles. The maximum absolute atomic E-state index is 12.1. The Bertz CT molecular complexity index is 417. The number of hydrogen-bond acceptors (Lipinski definition) is 3. The van der Waals surface area contributed by atoms with E-state index in [1.54, 1.807) is 0 Å². The standard InChI is InChI=1S/C16H26N2O2/c1-4-15(5-2)18(9-10-19)12-16(20)17-14-8-6-7-13(3)11-14/h6-8,11,15,19H,4-5,9-10,12H2,1-3H3,(H,17,20). The second kappa shape index (κ2) is 8.72. The molecule has 4 heteroatoms. The van der Waals surface area contributed by atoms with Crippen molar-refractivity contribution >= 4 is 11.6 Å². The van der Waals surface area contributed by atoms with Crippen molar-refractivity contribution in [2.45, 2.75) is 39.7 Å². The summed E-state index contributed by atoms with van der Waals surface area (Å²) in [7, 11) is 0. The number of aryl methyl sites for hydroxylation is 1. The summed E-state index contributed by atoms with van der Waals surface area (Å²) in [4.78, 5) is 14.2. The number of aliphatic hydroxyl groups excluding tert-OH is 1. The Morgan fingerprint density at radius 2 is 2.05 bits per heavy atom. The first-order chi connectivity index (χ1) is 9.60. The van der Waals surface area contributed by atoms with Crippen molar-refractivity contribution < 1.29 is 9.90 Å². The molecule has 0 saturated heterocycles. The molecule has 1 rings (SSSR count). The van der Waals surface area contributed by atoms with Gasteiger partial charge in [-0.2, -0.15) is 0 Å². The van der Waals surface area contributed by atoms with Crippen LogP contribution in [0.25, 0.3) is 0 Å². The van der Waals surface area contributed by atoms with Crippen LogP contribution in [0, 0.1) is 6.92 Å². The van der Waals surface area contributed by atoms with Gasteiger partial charge in [-0.3, -0.25) is 9.69 Å². The van der Waals surface area contributed by atoms with Gasteiger partial charge >= 0.3 is 0 Å². The van der Waals surface area contributed by atoms with Gasteiger partial charge in [0.05, 0.1) is 13.2 Å². The van der Waals surface area contributed by atoms with Gasteiger partial charge < -0.3 is 10.4 Å². The molecule has 0 atom stereocenters. The highest BCUT2D eigenvalue weighted by Crippen LogP contribution is 2.11. The predicted octanol–water partition coefficient (Wildman–Crippen LogP) is 2.42. The zero-order valence-corrected chi connectivity index (χ0v) is 12.7. The van der Waals surface area contributed by atoms with Crippen LogP contribution in [0.1, 0.15) is 32.3 Å². The molecule has 0 unspecified atom stereocenters. The van der Waals surface area contributed by atoms with E-state index in [9.17, 15) is 4.79 Å². The van der Waals surface area contributed by atoms with E-state index in [-0.39, 0.29) is 12.5 Å². The van der Waals surface area contributed by atoms with E-state index >= 15 is 0 Å². The molecule has 0 aliphatic heterocycles. The Labute approximate surface area is 121 Å². The van der Waals surface area contributed by atoms with Gasteiger partial charge in [-0.15, -0.1) is 0 Å². The molecule has 2 N–H and O–H groups in total. The molecule has 4 nitrogen and oxygen atoms in total. The number of hydrogen-bond donors (Lipinski definition) is 2. The van der Waals surface area contributed by atoms with Gasteiger partial charge in [0, 0.05) is 18.3 Å². The van der Waals surface area contributed by atoms with Crippen molar-refractivity contribution in [2.75, 3.05) is 25.0 Å². The number of benzene rings is 1. The lowest BCUT2D eigenvalue weighted by Crippen LogP contribution is -2.42. The summed E-state index contributed by atoms with van der Waals surface area (Å²) in [5.41, 5.74) is 1.94. The summed E-state index contributed by atoms with van der Waals surface area (Å²) in [6, 6.07) is 8.10. The Morgan fingerprint density at radius 3 is 2.60 bits per heavy atom.